The largest absolute Gasteiger partial charge is 0.495 e. The van der Waals surface area contributed by atoms with Crippen molar-refractivity contribution in [1.82, 2.24) is 5.32 Å². The van der Waals surface area contributed by atoms with Crippen molar-refractivity contribution in [2.45, 2.75) is 6.54 Å². The van der Waals surface area contributed by atoms with Gasteiger partial charge in [-0.05, 0) is 28.1 Å². The Hall–Kier alpha value is -0.0300. The maximum Gasteiger partial charge on any atom is 0.137 e. The van der Waals surface area contributed by atoms with Gasteiger partial charge in [0.05, 0.1) is 11.6 Å². The van der Waals surface area contributed by atoms with E-state index in [2.05, 4.69) is 43.8 Å². The van der Waals surface area contributed by atoms with Crippen LogP contribution in [0.3, 0.4) is 0 Å². The topological polar surface area (TPSA) is 21.3 Å². The van der Waals surface area contributed by atoms with E-state index in [0.717, 1.165) is 33.3 Å². The summed E-state index contributed by atoms with van der Waals surface area (Å²) in [7, 11) is 1.67. The lowest BCUT2D eigenvalue weighted by Gasteiger charge is -2.11. The second-order valence-corrected chi connectivity index (χ2v) is 4.77. The standard InChI is InChI=1S/C11H13Br2NO.ClH/c1-3-4-14-7-8-5-9(12)6-10(13)11(8)15-2;/h3,5-6,14H,1,4,7H2,2H3;1H. The number of ether oxygens (including phenoxy) is 1. The first-order valence-electron chi connectivity index (χ1n) is 4.52. The average molecular weight is 372 g/mol. The van der Waals surface area contributed by atoms with E-state index >= 15 is 0 Å². The van der Waals surface area contributed by atoms with Crippen LogP contribution >= 0.6 is 44.3 Å². The van der Waals surface area contributed by atoms with Crippen molar-refractivity contribution in [3.63, 3.8) is 0 Å². The van der Waals surface area contributed by atoms with E-state index in [-0.39, 0.29) is 12.4 Å². The number of benzene rings is 1. The van der Waals surface area contributed by atoms with E-state index in [1.165, 1.54) is 0 Å². The van der Waals surface area contributed by atoms with Crippen LogP contribution in [0.4, 0.5) is 0 Å². The predicted octanol–water partition coefficient (Wildman–Crippen LogP) is 3.92. The summed E-state index contributed by atoms with van der Waals surface area (Å²) in [5.74, 6) is 0.870. The van der Waals surface area contributed by atoms with Crippen LogP contribution in [0, 0.1) is 0 Å². The summed E-state index contributed by atoms with van der Waals surface area (Å²) in [4.78, 5) is 0. The number of methoxy groups -OCH3 is 1. The van der Waals surface area contributed by atoms with Gasteiger partial charge in [0.25, 0.3) is 0 Å². The Bertz CT molecular complexity index is 358. The minimum absolute atomic E-state index is 0. The van der Waals surface area contributed by atoms with Gasteiger partial charge in [0.2, 0.25) is 0 Å². The van der Waals surface area contributed by atoms with Gasteiger partial charge in [-0.25, -0.2) is 0 Å². The molecule has 0 aliphatic rings. The highest BCUT2D eigenvalue weighted by atomic mass is 79.9. The molecule has 1 aromatic carbocycles. The third kappa shape index (κ3) is 4.45. The third-order valence-corrected chi connectivity index (χ3v) is 2.94. The average Bonchev–Trinajstić information content (AvgIpc) is 2.17. The fourth-order valence-corrected chi connectivity index (χ4v) is 2.76. The summed E-state index contributed by atoms with van der Waals surface area (Å²) < 4.78 is 7.31. The smallest absolute Gasteiger partial charge is 0.137 e. The maximum absolute atomic E-state index is 5.33. The van der Waals surface area contributed by atoms with E-state index in [9.17, 15) is 0 Å². The van der Waals surface area contributed by atoms with Crippen LogP contribution in [0.1, 0.15) is 5.56 Å². The SMILES string of the molecule is C=CCNCc1cc(Br)cc(Br)c1OC.Cl. The van der Waals surface area contributed by atoms with Gasteiger partial charge in [0.1, 0.15) is 5.75 Å². The summed E-state index contributed by atoms with van der Waals surface area (Å²) in [6.45, 7) is 5.20. The maximum atomic E-state index is 5.33. The normalized spacial score (nSPS) is 9.44. The molecule has 0 aliphatic carbocycles. The minimum atomic E-state index is 0. The third-order valence-electron chi connectivity index (χ3n) is 1.89. The van der Waals surface area contributed by atoms with Crippen LogP contribution in [0.2, 0.25) is 0 Å². The first kappa shape index (κ1) is 16.0. The van der Waals surface area contributed by atoms with E-state index < -0.39 is 0 Å². The Kier molecular flexibility index (Phi) is 8.10. The number of hydrogen-bond acceptors (Lipinski definition) is 2. The lowest BCUT2D eigenvalue weighted by Crippen LogP contribution is -2.13. The van der Waals surface area contributed by atoms with E-state index in [0.29, 0.717) is 0 Å². The molecule has 0 bridgehead atoms. The van der Waals surface area contributed by atoms with Crippen molar-refractivity contribution in [2.75, 3.05) is 13.7 Å². The van der Waals surface area contributed by atoms with E-state index in [4.69, 9.17) is 4.74 Å². The molecule has 0 aliphatic heterocycles. The molecule has 0 saturated heterocycles. The first-order chi connectivity index (χ1) is 7.19. The molecule has 1 rings (SSSR count). The fraction of sp³-hybridized carbons (Fsp3) is 0.273. The zero-order valence-electron chi connectivity index (χ0n) is 8.93. The molecule has 0 spiro atoms. The van der Waals surface area contributed by atoms with Crippen LogP contribution < -0.4 is 10.1 Å². The van der Waals surface area contributed by atoms with E-state index in [1.807, 2.05) is 18.2 Å². The Morgan fingerprint density at radius 1 is 1.44 bits per heavy atom. The Morgan fingerprint density at radius 3 is 2.69 bits per heavy atom. The highest BCUT2D eigenvalue weighted by Crippen LogP contribution is 2.32. The number of nitrogens with one attached hydrogen (secondary N) is 1. The van der Waals surface area contributed by atoms with Crippen molar-refractivity contribution in [2.24, 2.45) is 0 Å². The monoisotopic (exact) mass is 369 g/mol. The minimum Gasteiger partial charge on any atom is -0.495 e. The molecule has 0 saturated carbocycles. The van der Waals surface area contributed by atoms with Gasteiger partial charge in [0, 0.05) is 23.1 Å². The number of rotatable bonds is 5. The van der Waals surface area contributed by atoms with Crippen molar-refractivity contribution < 1.29 is 4.74 Å². The van der Waals surface area contributed by atoms with Crippen molar-refractivity contribution in [1.29, 1.82) is 0 Å². The molecule has 90 valence electrons. The lowest BCUT2D eigenvalue weighted by atomic mass is 10.2. The molecular formula is C11H14Br2ClNO. The Balaban J connectivity index is 0.00000225. The van der Waals surface area contributed by atoms with Gasteiger partial charge in [-0.2, -0.15) is 0 Å². The van der Waals surface area contributed by atoms with Gasteiger partial charge in [-0.1, -0.05) is 22.0 Å². The highest BCUT2D eigenvalue weighted by Gasteiger charge is 2.08. The number of halogens is 3. The van der Waals surface area contributed by atoms with E-state index in [1.54, 1.807) is 7.11 Å². The van der Waals surface area contributed by atoms with Crippen molar-refractivity contribution in [3.05, 3.63) is 39.3 Å². The number of hydrogen-bond donors (Lipinski definition) is 1. The van der Waals surface area contributed by atoms with Gasteiger partial charge in [-0.15, -0.1) is 19.0 Å². The van der Waals surface area contributed by atoms with Crippen LogP contribution in [0.5, 0.6) is 5.75 Å². The molecule has 5 heteroatoms. The highest BCUT2D eigenvalue weighted by molar-refractivity contribution is 9.11. The van der Waals surface area contributed by atoms with Gasteiger partial charge in [0.15, 0.2) is 0 Å². The second kappa shape index (κ2) is 8.12. The summed E-state index contributed by atoms with van der Waals surface area (Å²) in [6.07, 6.45) is 1.83. The van der Waals surface area contributed by atoms with Crippen LogP contribution in [0.25, 0.3) is 0 Å². The second-order valence-electron chi connectivity index (χ2n) is 3.00. The van der Waals surface area contributed by atoms with Crippen molar-refractivity contribution in [3.8, 4) is 5.75 Å². The molecule has 1 aromatic rings. The molecule has 0 fully saturated rings. The Labute approximate surface area is 119 Å². The molecule has 0 unspecified atom stereocenters. The van der Waals surface area contributed by atoms with Crippen LogP contribution in [-0.2, 0) is 6.54 Å². The lowest BCUT2D eigenvalue weighted by molar-refractivity contribution is 0.405. The molecular weight excluding hydrogens is 357 g/mol. The molecule has 0 heterocycles. The Morgan fingerprint density at radius 2 is 2.12 bits per heavy atom. The van der Waals surface area contributed by atoms with Crippen molar-refractivity contribution >= 4 is 44.3 Å². The zero-order valence-corrected chi connectivity index (χ0v) is 12.9. The zero-order chi connectivity index (χ0) is 11.3. The molecule has 0 radical (unpaired) electrons. The molecule has 0 atom stereocenters. The predicted molar refractivity (Wildman–Crippen MR) is 77.5 cm³/mol. The molecule has 0 aromatic heterocycles. The van der Waals surface area contributed by atoms with Gasteiger partial charge in [-0.3, -0.25) is 0 Å². The summed E-state index contributed by atoms with van der Waals surface area (Å²) in [5.41, 5.74) is 1.11. The first-order valence-corrected chi connectivity index (χ1v) is 6.11. The molecule has 0 amide bonds. The molecule has 2 nitrogen and oxygen atoms in total. The fourth-order valence-electron chi connectivity index (χ4n) is 1.28. The summed E-state index contributed by atoms with van der Waals surface area (Å²) in [6, 6.07) is 4.01. The summed E-state index contributed by atoms with van der Waals surface area (Å²) in [5, 5.41) is 3.24. The van der Waals surface area contributed by atoms with Gasteiger partial charge < -0.3 is 10.1 Å². The van der Waals surface area contributed by atoms with Gasteiger partial charge >= 0.3 is 0 Å². The molecule has 1 N–H and O–H groups in total. The van der Waals surface area contributed by atoms with Crippen LogP contribution in [-0.4, -0.2) is 13.7 Å². The van der Waals surface area contributed by atoms with Crippen LogP contribution in [0.15, 0.2) is 33.7 Å². The molecule has 16 heavy (non-hydrogen) atoms. The quantitative estimate of drug-likeness (QED) is 0.626. The summed E-state index contributed by atoms with van der Waals surface area (Å²) >= 11 is 6.92.